The van der Waals surface area contributed by atoms with Crippen molar-refractivity contribution in [3.05, 3.63) is 189 Å². The molecule has 0 amide bonds. The quantitative estimate of drug-likeness (QED) is 0.0629. The lowest BCUT2D eigenvalue weighted by molar-refractivity contribution is -0.716. The van der Waals surface area contributed by atoms with Gasteiger partial charge in [-0.3, -0.25) is 18.2 Å². The minimum Gasteiger partial charge on any atom is -0.870 e. The van der Waals surface area contributed by atoms with Gasteiger partial charge in [-0.15, -0.1) is 0 Å². The molecule has 0 spiro atoms. The van der Waals surface area contributed by atoms with Crippen LogP contribution in [0, 0.1) is 5.92 Å². The molecule has 10 N–H and O–H groups in total. The molecule has 0 saturated carbocycles. The van der Waals surface area contributed by atoms with E-state index >= 15 is 0 Å². The summed E-state index contributed by atoms with van der Waals surface area (Å²) in [6.45, 7) is 23.2. The first-order chi connectivity index (χ1) is 46.8. The van der Waals surface area contributed by atoms with Crippen molar-refractivity contribution in [1.82, 2.24) is 22.8 Å². The monoisotopic (exact) mass is 1640 g/mol. The Bertz CT molecular complexity index is 5000. The Morgan fingerprint density at radius 1 is 0.463 bits per heavy atom. The summed E-state index contributed by atoms with van der Waals surface area (Å²) in [6, 6.07) is 15.8. The molecule has 0 radical (unpaired) electrons. The number of carboxylic acids is 1. The van der Waals surface area contributed by atoms with Gasteiger partial charge < -0.3 is 51.9 Å². The van der Waals surface area contributed by atoms with E-state index in [2.05, 4.69) is 4.18 Å². The van der Waals surface area contributed by atoms with Gasteiger partial charge in [0.15, 0.2) is 29.8 Å². The highest BCUT2D eigenvalue weighted by Gasteiger charge is 2.30. The maximum absolute atomic E-state index is 11.7. The second-order valence-electron chi connectivity index (χ2n) is 25.2. The standard InChI is InChI=1S/C14H18N2O3S.C13H16N2O6S2.C13H16N2O3S.C8H14N2O4S.C8H12N2O2.C8H11NO3S.6H2O/c1-11(2)12-4-5-13(14(8-12)20(17,18)19)9-16-7-6-15(3)10-16;1-9(2)10-6-11(22(16,17)18)13(12(7-10)23(19,20)21)15-5-4-14(3)8-15;1-10(2)11-4-5-12(13(8-11)19(16,17)18)15-7-6-14(3)9-15;1-7(2)8(14-15(11,12)13)10-5-4-9(3)6-10;1-7(2)10-4-3-9(6-10)5-8(11)12;1-7(2)9-5-3-8(4-6-9)13(10,11)12;;;;;;/h4-8,10-11H,9H2,1-3H3;4-9H,1-3H3,(H-,16,17,18,19,20,21);4-10H,1-3H3;4-8H,1-3H3;3-4,6-7H,5H2,1-2H3;3-7H,1-2H3;6*1H2/p-3. The van der Waals surface area contributed by atoms with Crippen LogP contribution in [-0.4, -0.2) is 139 Å². The molecule has 6 heterocycles. The first-order valence-electron chi connectivity index (χ1n) is 31.1. The lowest BCUT2D eigenvalue weighted by Gasteiger charge is -2.16. The normalized spacial score (nSPS) is 11.7. The summed E-state index contributed by atoms with van der Waals surface area (Å²) < 4.78 is 218. The van der Waals surface area contributed by atoms with Crippen molar-refractivity contribution in [1.29, 1.82) is 0 Å². The fourth-order valence-electron chi connectivity index (χ4n) is 9.30. The highest BCUT2D eigenvalue weighted by molar-refractivity contribution is 7.87. The molecule has 44 heteroatoms. The molecule has 108 heavy (non-hydrogen) atoms. The Morgan fingerprint density at radius 2 is 0.889 bits per heavy atom. The summed E-state index contributed by atoms with van der Waals surface area (Å²) in [5.41, 5.74) is 2.69. The molecule has 1 unspecified atom stereocenters. The molecule has 9 aromatic rings. The maximum Gasteiger partial charge on any atom is 0.401 e. The lowest BCUT2D eigenvalue weighted by Crippen LogP contribution is -2.42. The van der Waals surface area contributed by atoms with Crippen LogP contribution in [0.4, 0.5) is 0 Å². The number of rotatable bonds is 20. The van der Waals surface area contributed by atoms with Crippen molar-refractivity contribution in [3.63, 3.8) is 0 Å². The van der Waals surface area contributed by atoms with E-state index in [-0.39, 0.29) is 83.8 Å². The van der Waals surface area contributed by atoms with Gasteiger partial charge >= 0.3 is 10.4 Å². The van der Waals surface area contributed by atoms with Crippen LogP contribution < -0.4 is 32.5 Å². The SMILES string of the molecule is CC(C)C(OS(=O)(=O)O)n1cc[n+](C)c1.CC(C)[n+]1ccc(S(=O)(=O)[O-])cc1.CC(C)c1cc(S(=O)(=O)[O-])c(-n2cc[n+](C)c2)c(S(=O)(=O)O)c1.CC(C)c1ccc(-n2cc[n+](C)c2)c(S(=O)(=O)O)c1.CC(C)c1ccc(Cn2cc[n+](C)c2)c(S(=O)(=O)O)c1.CC(C)n1cc[n+](CC(=O)[O-])c1.[OH-].[OH-].[OH-].[OH-].[OH-].[OH-]. The molecule has 1 atom stereocenters. The molecule has 6 aromatic heterocycles. The number of hydrogen-bond donors (Lipinski definition) is 4. The van der Waals surface area contributed by atoms with Gasteiger partial charge in [0.05, 0.1) is 45.1 Å². The summed E-state index contributed by atoms with van der Waals surface area (Å²) >= 11 is 0. The topological polar surface area (TPSA) is 609 Å². The zero-order valence-electron chi connectivity index (χ0n) is 61.8. The fraction of sp³-hybridized carbons (Fsp3) is 0.391. The van der Waals surface area contributed by atoms with Gasteiger partial charge in [0.2, 0.25) is 37.9 Å². The number of aryl methyl sites for hydroxylation is 4. The number of aromatic nitrogens is 11. The minimum absolute atomic E-state index is 0. The Morgan fingerprint density at radius 3 is 1.26 bits per heavy atom. The Labute approximate surface area is 629 Å². The minimum atomic E-state index is -4.97. The second kappa shape index (κ2) is 43.0. The third-order valence-corrected chi connectivity index (χ3v) is 19.5. The number of carboxylic acid groups (broad SMARTS) is 1. The molecular weight excluding hydrogens is 1550 g/mol. The van der Waals surface area contributed by atoms with Crippen LogP contribution in [0.5, 0.6) is 0 Å². The summed E-state index contributed by atoms with van der Waals surface area (Å²) in [5, 5.41) is 10.2. The molecular formula is C64H96N11O27S6-3. The van der Waals surface area contributed by atoms with Gasteiger partial charge in [-0.05, 0) is 92.5 Å². The van der Waals surface area contributed by atoms with Crippen molar-refractivity contribution in [3.8, 4) is 11.4 Å². The number of benzene rings is 3. The average Bonchev–Trinajstić information content (AvgIpc) is 1.17. The van der Waals surface area contributed by atoms with Crippen LogP contribution >= 0.6 is 0 Å². The maximum atomic E-state index is 11.7. The predicted molar refractivity (Wildman–Crippen MR) is 373 cm³/mol. The molecule has 38 nitrogen and oxygen atoms in total. The molecule has 9 rings (SSSR count). The van der Waals surface area contributed by atoms with Crippen molar-refractivity contribution in [2.75, 3.05) is 0 Å². The zero-order valence-corrected chi connectivity index (χ0v) is 66.7. The van der Waals surface area contributed by atoms with E-state index in [1.165, 1.54) is 47.6 Å². The second-order valence-corrected chi connectivity index (χ2v) is 33.2. The van der Waals surface area contributed by atoms with E-state index in [0.29, 0.717) is 29.4 Å². The summed E-state index contributed by atoms with van der Waals surface area (Å²) in [7, 11) is -19.8. The van der Waals surface area contributed by atoms with Gasteiger partial charge in [-0.2, -0.15) is 38.2 Å². The van der Waals surface area contributed by atoms with Gasteiger partial charge in [0.1, 0.15) is 115 Å². The zero-order chi connectivity index (χ0) is 77.5. The Balaban J connectivity index is -0.00000123. The van der Waals surface area contributed by atoms with E-state index in [4.69, 9.17) is 4.55 Å². The van der Waals surface area contributed by atoms with Gasteiger partial charge in [0, 0.05) is 23.6 Å². The molecule has 0 aliphatic rings. The third-order valence-electron chi connectivity index (χ3n) is 14.7. The van der Waals surface area contributed by atoms with Gasteiger partial charge in [-0.1, -0.05) is 73.6 Å². The molecule has 0 aliphatic heterocycles. The molecule has 0 bridgehead atoms. The van der Waals surface area contributed by atoms with Crippen LogP contribution in [0.1, 0.15) is 141 Å². The first-order valence-corrected chi connectivity index (χ1v) is 39.6. The fourth-order valence-corrected chi connectivity index (χ4v) is 13.3. The number of aliphatic carboxylic acids is 1. The molecule has 0 saturated heterocycles. The molecule has 0 aliphatic carbocycles. The van der Waals surface area contributed by atoms with Crippen LogP contribution in [0.3, 0.4) is 0 Å². The number of carbonyl (C=O) groups excluding carboxylic acids is 1. The van der Waals surface area contributed by atoms with Crippen LogP contribution in [-0.2, 0) is 111 Å². The number of nitrogens with zero attached hydrogens (tertiary/aromatic N) is 11. The smallest absolute Gasteiger partial charge is 0.401 e. The van der Waals surface area contributed by atoms with Crippen molar-refractivity contribution in [2.45, 2.75) is 157 Å². The van der Waals surface area contributed by atoms with Crippen molar-refractivity contribution in [2.24, 2.45) is 34.1 Å². The average molecular weight is 1640 g/mol. The number of carbonyl (C=O) groups is 1. The van der Waals surface area contributed by atoms with Crippen LogP contribution in [0.2, 0.25) is 0 Å². The summed E-state index contributed by atoms with van der Waals surface area (Å²) in [6.07, 6.45) is 28.0. The number of imidazole rings is 5. The lowest BCUT2D eigenvalue weighted by atomic mass is 10.0. The largest absolute Gasteiger partial charge is 0.870 e. The van der Waals surface area contributed by atoms with E-state index in [1.54, 1.807) is 145 Å². The van der Waals surface area contributed by atoms with Gasteiger partial charge in [0.25, 0.3) is 30.4 Å². The van der Waals surface area contributed by atoms with E-state index < -0.39 is 88.7 Å². The summed E-state index contributed by atoms with van der Waals surface area (Å²) in [4.78, 5) is 8.60. The predicted octanol–water partition coefficient (Wildman–Crippen LogP) is 2.77. The molecule has 0 fully saturated rings. The number of hydrogen-bond acceptors (Lipinski definition) is 23. The summed E-state index contributed by atoms with van der Waals surface area (Å²) in [5.74, 6) is -1.00. The van der Waals surface area contributed by atoms with E-state index in [0.717, 1.165) is 21.8 Å². The molecule has 608 valence electrons. The van der Waals surface area contributed by atoms with Crippen LogP contribution in [0.25, 0.3) is 11.4 Å². The highest BCUT2D eigenvalue weighted by Crippen LogP contribution is 2.33. The van der Waals surface area contributed by atoms with E-state index in [9.17, 15) is 83.2 Å². The van der Waals surface area contributed by atoms with Crippen molar-refractivity contribution >= 4 is 67.0 Å². The Hall–Kier alpha value is -8.49. The van der Waals surface area contributed by atoms with E-state index in [1.807, 2.05) is 125 Å². The first kappa shape index (κ1) is 104. The third kappa shape index (κ3) is 32.4. The van der Waals surface area contributed by atoms with Crippen LogP contribution in [0.15, 0.2) is 191 Å². The van der Waals surface area contributed by atoms with Crippen molar-refractivity contribution < 1.29 is 152 Å². The van der Waals surface area contributed by atoms with Gasteiger partial charge in [-0.25, -0.2) is 66.7 Å². The molecule has 3 aromatic carbocycles. The number of pyridine rings is 1. The Kier molecular flexibility index (Phi) is 41.3. The highest BCUT2D eigenvalue weighted by atomic mass is 32.3.